The van der Waals surface area contributed by atoms with E-state index in [1.54, 1.807) is 0 Å². The van der Waals surface area contributed by atoms with Crippen LogP contribution < -0.4 is 16.8 Å². The Kier molecular flexibility index (Phi) is 4.20. The summed E-state index contributed by atoms with van der Waals surface area (Å²) >= 11 is 0. The predicted octanol–water partition coefficient (Wildman–Crippen LogP) is 0.623. The van der Waals surface area contributed by atoms with E-state index < -0.39 is 0 Å². The van der Waals surface area contributed by atoms with E-state index in [4.69, 9.17) is 16.9 Å². The third kappa shape index (κ3) is 3.18. The molecule has 1 rings (SSSR count). The number of hydrogen-bond acceptors (Lipinski definition) is 2. The van der Waals surface area contributed by atoms with Crippen LogP contribution in [0.4, 0.5) is 0 Å². The second-order valence-electron chi connectivity index (χ2n) is 4.36. The monoisotopic (exact) mass is 198 g/mol. The van der Waals surface area contributed by atoms with Crippen molar-refractivity contribution in [1.82, 2.24) is 5.32 Å². The normalized spacial score (nSPS) is 29.6. The third-order valence-electron chi connectivity index (χ3n) is 3.20. The molecule has 0 saturated heterocycles. The van der Waals surface area contributed by atoms with Gasteiger partial charge in [0, 0.05) is 12.6 Å². The largest absolute Gasteiger partial charge is 0.370 e. The van der Waals surface area contributed by atoms with Gasteiger partial charge in [0.1, 0.15) is 0 Å². The molecular weight excluding hydrogens is 176 g/mol. The molecule has 0 radical (unpaired) electrons. The van der Waals surface area contributed by atoms with E-state index in [2.05, 4.69) is 12.2 Å². The van der Waals surface area contributed by atoms with Crippen molar-refractivity contribution in [3.63, 3.8) is 0 Å². The highest BCUT2D eigenvalue weighted by atomic mass is 15.0. The van der Waals surface area contributed by atoms with E-state index in [9.17, 15) is 0 Å². The molecule has 1 unspecified atom stereocenters. The van der Waals surface area contributed by atoms with Crippen LogP contribution >= 0.6 is 0 Å². The summed E-state index contributed by atoms with van der Waals surface area (Å²) in [7, 11) is 0. The maximum atomic E-state index is 7.12. The van der Waals surface area contributed by atoms with E-state index in [0.717, 1.165) is 6.54 Å². The van der Waals surface area contributed by atoms with Crippen LogP contribution in [0, 0.1) is 17.2 Å². The molecule has 6 N–H and O–H groups in total. The Balaban J connectivity index is 2.41. The van der Waals surface area contributed by atoms with Gasteiger partial charge in [-0.05, 0) is 31.6 Å². The zero-order valence-corrected chi connectivity index (χ0v) is 8.92. The summed E-state index contributed by atoms with van der Waals surface area (Å²) < 4.78 is 0. The van der Waals surface area contributed by atoms with Gasteiger partial charge < -0.3 is 16.8 Å². The van der Waals surface area contributed by atoms with Gasteiger partial charge >= 0.3 is 0 Å². The lowest BCUT2D eigenvalue weighted by molar-refractivity contribution is 0.209. The maximum Gasteiger partial charge on any atom is 0.185 e. The molecule has 4 heteroatoms. The van der Waals surface area contributed by atoms with Gasteiger partial charge in [0.05, 0.1) is 0 Å². The standard InChI is InChI=1S/C10H22N4/c1-7(11)9-5-3-2-4-8(9)6-14-10(12)13/h7-9H,2-6,11H2,1H3,(H4,12,13,14)/t7?,8-,9+/m1/s1. The Hall–Kier alpha value is -0.770. The topological polar surface area (TPSA) is 87.9 Å². The average Bonchev–Trinajstić information content (AvgIpc) is 2.15. The summed E-state index contributed by atoms with van der Waals surface area (Å²) in [5, 5.41) is 10.0. The molecule has 0 aliphatic heterocycles. The van der Waals surface area contributed by atoms with Crippen molar-refractivity contribution in [2.75, 3.05) is 6.54 Å². The van der Waals surface area contributed by atoms with Crippen molar-refractivity contribution in [1.29, 1.82) is 5.41 Å². The first-order chi connectivity index (χ1) is 6.61. The number of rotatable bonds is 3. The molecule has 4 nitrogen and oxygen atoms in total. The molecule has 0 bridgehead atoms. The molecule has 0 spiro atoms. The van der Waals surface area contributed by atoms with Gasteiger partial charge in [-0.3, -0.25) is 5.41 Å². The lowest BCUT2D eigenvalue weighted by Gasteiger charge is -2.34. The van der Waals surface area contributed by atoms with Crippen molar-refractivity contribution in [2.45, 2.75) is 38.6 Å². The quantitative estimate of drug-likeness (QED) is 0.396. The highest BCUT2D eigenvalue weighted by Crippen LogP contribution is 2.31. The fraction of sp³-hybridized carbons (Fsp3) is 0.900. The van der Waals surface area contributed by atoms with Gasteiger partial charge in [-0.2, -0.15) is 0 Å². The summed E-state index contributed by atoms with van der Waals surface area (Å²) in [6.07, 6.45) is 5.02. The van der Waals surface area contributed by atoms with Crippen LogP contribution in [0.1, 0.15) is 32.6 Å². The van der Waals surface area contributed by atoms with Crippen LogP contribution in [0.3, 0.4) is 0 Å². The minimum Gasteiger partial charge on any atom is -0.370 e. The summed E-state index contributed by atoms with van der Waals surface area (Å²) in [6.45, 7) is 2.89. The van der Waals surface area contributed by atoms with Gasteiger partial charge in [-0.1, -0.05) is 12.8 Å². The van der Waals surface area contributed by atoms with E-state index in [0.29, 0.717) is 11.8 Å². The van der Waals surface area contributed by atoms with Crippen LogP contribution in [-0.4, -0.2) is 18.5 Å². The van der Waals surface area contributed by atoms with Gasteiger partial charge in [-0.25, -0.2) is 0 Å². The fourth-order valence-electron chi connectivity index (χ4n) is 2.42. The van der Waals surface area contributed by atoms with Crippen LogP contribution in [-0.2, 0) is 0 Å². The molecule has 1 aliphatic carbocycles. The Morgan fingerprint density at radius 2 is 2.14 bits per heavy atom. The molecule has 82 valence electrons. The van der Waals surface area contributed by atoms with Crippen LogP contribution in [0.2, 0.25) is 0 Å². The summed E-state index contributed by atoms with van der Waals surface area (Å²) in [6, 6.07) is 0.258. The average molecular weight is 198 g/mol. The maximum absolute atomic E-state index is 7.12. The highest BCUT2D eigenvalue weighted by molar-refractivity contribution is 5.74. The van der Waals surface area contributed by atoms with Crippen molar-refractivity contribution in [2.24, 2.45) is 23.3 Å². The smallest absolute Gasteiger partial charge is 0.185 e. The van der Waals surface area contributed by atoms with Gasteiger partial charge in [0.25, 0.3) is 0 Å². The Labute approximate surface area is 85.9 Å². The molecular formula is C10H22N4. The molecule has 1 fully saturated rings. The lowest BCUT2D eigenvalue weighted by Crippen LogP contribution is -2.42. The molecule has 0 aromatic rings. The van der Waals surface area contributed by atoms with E-state index in [-0.39, 0.29) is 12.0 Å². The molecule has 14 heavy (non-hydrogen) atoms. The Morgan fingerprint density at radius 3 is 2.71 bits per heavy atom. The van der Waals surface area contributed by atoms with Crippen molar-refractivity contribution < 1.29 is 0 Å². The van der Waals surface area contributed by atoms with Crippen LogP contribution in [0.5, 0.6) is 0 Å². The highest BCUT2D eigenvalue weighted by Gasteiger charge is 2.27. The van der Waals surface area contributed by atoms with Crippen LogP contribution in [0.25, 0.3) is 0 Å². The zero-order chi connectivity index (χ0) is 10.6. The second kappa shape index (κ2) is 5.20. The zero-order valence-electron chi connectivity index (χ0n) is 8.92. The summed E-state index contributed by atoms with van der Waals surface area (Å²) in [4.78, 5) is 0. The summed E-state index contributed by atoms with van der Waals surface area (Å²) in [5.74, 6) is 1.25. The van der Waals surface area contributed by atoms with Gasteiger partial charge in [0.15, 0.2) is 5.96 Å². The van der Waals surface area contributed by atoms with Crippen molar-refractivity contribution in [3.8, 4) is 0 Å². The van der Waals surface area contributed by atoms with Crippen molar-refractivity contribution in [3.05, 3.63) is 0 Å². The molecule has 0 amide bonds. The first-order valence-corrected chi connectivity index (χ1v) is 5.44. The van der Waals surface area contributed by atoms with Gasteiger partial charge in [0.2, 0.25) is 0 Å². The third-order valence-corrected chi connectivity index (χ3v) is 3.20. The van der Waals surface area contributed by atoms with E-state index in [1.165, 1.54) is 25.7 Å². The minimum absolute atomic E-state index is 0.0685. The molecule has 3 atom stereocenters. The Bertz CT molecular complexity index is 191. The molecule has 1 aliphatic rings. The fourth-order valence-corrected chi connectivity index (χ4v) is 2.42. The number of guanidine groups is 1. The van der Waals surface area contributed by atoms with E-state index in [1.807, 2.05) is 0 Å². The number of nitrogens with two attached hydrogens (primary N) is 2. The summed E-state index contributed by atoms with van der Waals surface area (Å²) in [5.41, 5.74) is 11.2. The van der Waals surface area contributed by atoms with Gasteiger partial charge in [-0.15, -0.1) is 0 Å². The molecule has 0 heterocycles. The SMILES string of the molecule is CC(N)[C@@H]1CCCC[C@@H]1CNC(=N)N. The lowest BCUT2D eigenvalue weighted by atomic mass is 9.76. The molecule has 1 saturated carbocycles. The second-order valence-corrected chi connectivity index (χ2v) is 4.36. The number of nitrogens with one attached hydrogen (secondary N) is 2. The molecule has 0 aromatic carbocycles. The number of hydrogen-bond donors (Lipinski definition) is 4. The van der Waals surface area contributed by atoms with E-state index >= 15 is 0 Å². The first kappa shape index (κ1) is 11.3. The minimum atomic E-state index is 0.0685. The predicted molar refractivity (Wildman–Crippen MR) is 59.0 cm³/mol. The molecule has 0 aromatic heterocycles. The van der Waals surface area contributed by atoms with Crippen LogP contribution in [0.15, 0.2) is 0 Å². The Morgan fingerprint density at radius 1 is 1.50 bits per heavy atom. The van der Waals surface area contributed by atoms with Crippen molar-refractivity contribution >= 4 is 5.96 Å². The first-order valence-electron chi connectivity index (χ1n) is 5.44.